The van der Waals surface area contributed by atoms with Gasteiger partial charge in [-0.2, -0.15) is 0 Å². The van der Waals surface area contributed by atoms with Crippen LogP contribution in [-0.4, -0.2) is 18.8 Å². The van der Waals surface area contributed by atoms with Gasteiger partial charge in [-0.1, -0.05) is 26.0 Å². The van der Waals surface area contributed by atoms with Gasteiger partial charge in [0.15, 0.2) is 0 Å². The van der Waals surface area contributed by atoms with Gasteiger partial charge >= 0.3 is 0 Å². The van der Waals surface area contributed by atoms with Crippen molar-refractivity contribution in [3.8, 4) is 0 Å². The molecule has 3 heteroatoms. The minimum Gasteiger partial charge on any atom is -0.329 e. The van der Waals surface area contributed by atoms with Crippen LogP contribution in [0.4, 0.5) is 0 Å². The van der Waals surface area contributed by atoms with E-state index >= 15 is 0 Å². The summed E-state index contributed by atoms with van der Waals surface area (Å²) in [6, 6.07) is 9.07. The molecule has 0 saturated carbocycles. The van der Waals surface area contributed by atoms with Gasteiger partial charge in [0.1, 0.15) is 0 Å². The summed E-state index contributed by atoms with van der Waals surface area (Å²) in [5.74, 6) is 0.579. The molecule has 16 heavy (non-hydrogen) atoms. The molecule has 90 valence electrons. The zero-order valence-electron chi connectivity index (χ0n) is 10.4. The van der Waals surface area contributed by atoms with Crippen molar-refractivity contribution in [1.82, 2.24) is 5.32 Å². The van der Waals surface area contributed by atoms with Crippen LogP contribution in [0.5, 0.6) is 0 Å². The van der Waals surface area contributed by atoms with Crippen molar-refractivity contribution >= 4 is 11.8 Å². The third-order valence-electron chi connectivity index (χ3n) is 2.79. The molecule has 0 spiro atoms. The topological polar surface area (TPSA) is 38.0 Å². The summed E-state index contributed by atoms with van der Waals surface area (Å²) in [7, 11) is 0. The van der Waals surface area contributed by atoms with Crippen LogP contribution in [-0.2, 0) is 6.54 Å². The fourth-order valence-corrected chi connectivity index (χ4v) is 1.99. The average Bonchev–Trinajstić information content (AvgIpc) is 2.30. The van der Waals surface area contributed by atoms with Gasteiger partial charge in [-0.15, -0.1) is 11.8 Å². The van der Waals surface area contributed by atoms with Gasteiger partial charge in [-0.05, 0) is 29.9 Å². The second-order valence-corrected chi connectivity index (χ2v) is 5.19. The Morgan fingerprint density at radius 1 is 1.25 bits per heavy atom. The number of thioether (sulfide) groups is 1. The van der Waals surface area contributed by atoms with Crippen LogP contribution < -0.4 is 11.1 Å². The second-order valence-electron chi connectivity index (χ2n) is 4.32. The molecule has 2 nitrogen and oxygen atoms in total. The van der Waals surface area contributed by atoms with Gasteiger partial charge in [0.25, 0.3) is 0 Å². The van der Waals surface area contributed by atoms with Crippen LogP contribution in [0.2, 0.25) is 0 Å². The maximum atomic E-state index is 5.72. The second kappa shape index (κ2) is 6.94. The summed E-state index contributed by atoms with van der Waals surface area (Å²) in [6.45, 7) is 5.98. The smallest absolute Gasteiger partial charge is 0.0216 e. The van der Waals surface area contributed by atoms with Gasteiger partial charge in [-0.3, -0.25) is 0 Å². The molecule has 0 aromatic heterocycles. The number of nitrogens with one attached hydrogen (secondary N) is 1. The van der Waals surface area contributed by atoms with Crippen LogP contribution in [0.3, 0.4) is 0 Å². The van der Waals surface area contributed by atoms with Gasteiger partial charge < -0.3 is 11.1 Å². The highest BCUT2D eigenvalue weighted by Gasteiger charge is 2.09. The zero-order chi connectivity index (χ0) is 12.0. The van der Waals surface area contributed by atoms with Gasteiger partial charge in [0.05, 0.1) is 0 Å². The lowest BCUT2D eigenvalue weighted by Crippen LogP contribution is -2.39. The Kier molecular flexibility index (Phi) is 5.88. The summed E-state index contributed by atoms with van der Waals surface area (Å²) in [5, 5.41) is 3.49. The standard InChI is InChI=1S/C13H22N2S/c1-10(2)13(8-14)15-9-11-4-6-12(16-3)7-5-11/h4-7,10,13,15H,8-9,14H2,1-3H3. The fourth-order valence-electron chi connectivity index (χ4n) is 1.58. The molecule has 0 radical (unpaired) electrons. The van der Waals surface area contributed by atoms with Crippen molar-refractivity contribution in [1.29, 1.82) is 0 Å². The highest BCUT2D eigenvalue weighted by Crippen LogP contribution is 2.14. The average molecular weight is 238 g/mol. The van der Waals surface area contributed by atoms with E-state index in [0.717, 1.165) is 6.54 Å². The van der Waals surface area contributed by atoms with Crippen molar-refractivity contribution in [2.75, 3.05) is 12.8 Å². The molecule has 0 bridgehead atoms. The molecule has 3 N–H and O–H groups in total. The molecule has 0 amide bonds. The summed E-state index contributed by atoms with van der Waals surface area (Å²) in [4.78, 5) is 1.31. The van der Waals surface area contributed by atoms with Crippen molar-refractivity contribution in [2.24, 2.45) is 11.7 Å². The first kappa shape index (κ1) is 13.6. The Bertz CT molecular complexity index is 295. The largest absolute Gasteiger partial charge is 0.329 e. The van der Waals surface area contributed by atoms with E-state index in [0.29, 0.717) is 18.5 Å². The third-order valence-corrected chi connectivity index (χ3v) is 3.53. The first-order valence-corrected chi connectivity index (χ1v) is 6.96. The van der Waals surface area contributed by atoms with E-state index in [2.05, 4.69) is 49.7 Å². The SMILES string of the molecule is CSc1ccc(CNC(CN)C(C)C)cc1. The molecule has 1 unspecified atom stereocenters. The minimum absolute atomic E-state index is 0.403. The summed E-state index contributed by atoms with van der Waals surface area (Å²) >= 11 is 1.77. The first-order valence-electron chi connectivity index (χ1n) is 5.73. The quantitative estimate of drug-likeness (QED) is 0.748. The van der Waals surface area contributed by atoms with Crippen LogP contribution >= 0.6 is 11.8 Å². The molecule has 0 aliphatic heterocycles. The van der Waals surface area contributed by atoms with Crippen LogP contribution in [0.1, 0.15) is 19.4 Å². The predicted octanol–water partition coefficient (Wildman–Crippen LogP) is 2.48. The molecule has 0 fully saturated rings. The molecule has 1 aromatic rings. The molecule has 1 aromatic carbocycles. The van der Waals surface area contributed by atoms with E-state index in [4.69, 9.17) is 5.73 Å². The predicted molar refractivity (Wildman–Crippen MR) is 72.7 cm³/mol. The number of benzene rings is 1. The molecule has 1 atom stereocenters. The number of rotatable bonds is 6. The maximum absolute atomic E-state index is 5.72. The van der Waals surface area contributed by atoms with E-state index in [1.165, 1.54) is 10.5 Å². The van der Waals surface area contributed by atoms with Crippen LogP contribution in [0.25, 0.3) is 0 Å². The van der Waals surface area contributed by atoms with Crippen molar-refractivity contribution < 1.29 is 0 Å². The summed E-state index contributed by atoms with van der Waals surface area (Å²) in [5.41, 5.74) is 7.03. The van der Waals surface area contributed by atoms with E-state index < -0.39 is 0 Å². The highest BCUT2D eigenvalue weighted by molar-refractivity contribution is 7.98. The van der Waals surface area contributed by atoms with Crippen LogP contribution in [0.15, 0.2) is 29.2 Å². The van der Waals surface area contributed by atoms with E-state index in [1.807, 2.05) is 0 Å². The van der Waals surface area contributed by atoms with Crippen molar-refractivity contribution in [3.63, 3.8) is 0 Å². The maximum Gasteiger partial charge on any atom is 0.0216 e. The Morgan fingerprint density at radius 3 is 2.31 bits per heavy atom. The summed E-state index contributed by atoms with van der Waals surface area (Å²) < 4.78 is 0. The van der Waals surface area contributed by atoms with Crippen molar-refractivity contribution in [3.05, 3.63) is 29.8 Å². The molecule has 0 saturated heterocycles. The Hall–Kier alpha value is -0.510. The van der Waals surface area contributed by atoms with E-state index in [9.17, 15) is 0 Å². The van der Waals surface area contributed by atoms with Gasteiger partial charge in [0, 0.05) is 24.0 Å². The van der Waals surface area contributed by atoms with E-state index in [1.54, 1.807) is 11.8 Å². The first-order chi connectivity index (χ1) is 7.67. The molecule has 0 aliphatic rings. The molecule has 1 rings (SSSR count). The molecular weight excluding hydrogens is 216 g/mol. The minimum atomic E-state index is 0.403. The normalized spacial score (nSPS) is 13.1. The van der Waals surface area contributed by atoms with Gasteiger partial charge in [0.2, 0.25) is 0 Å². The van der Waals surface area contributed by atoms with Crippen LogP contribution in [0, 0.1) is 5.92 Å². The lowest BCUT2D eigenvalue weighted by molar-refractivity contribution is 0.405. The Labute approximate surface area is 103 Å². The molecule has 0 heterocycles. The van der Waals surface area contributed by atoms with E-state index in [-0.39, 0.29) is 0 Å². The summed E-state index contributed by atoms with van der Waals surface area (Å²) in [6.07, 6.45) is 2.09. The lowest BCUT2D eigenvalue weighted by Gasteiger charge is -2.20. The van der Waals surface area contributed by atoms with Crippen molar-refractivity contribution in [2.45, 2.75) is 31.3 Å². The highest BCUT2D eigenvalue weighted by atomic mass is 32.2. The fraction of sp³-hybridized carbons (Fsp3) is 0.538. The zero-order valence-corrected chi connectivity index (χ0v) is 11.2. The third kappa shape index (κ3) is 4.16. The Morgan fingerprint density at radius 2 is 1.88 bits per heavy atom. The lowest BCUT2D eigenvalue weighted by atomic mass is 10.0. The number of nitrogens with two attached hydrogens (primary N) is 1. The monoisotopic (exact) mass is 238 g/mol. The Balaban J connectivity index is 2.47. The number of hydrogen-bond acceptors (Lipinski definition) is 3. The number of hydrogen-bond donors (Lipinski definition) is 2. The molecular formula is C13H22N2S. The van der Waals surface area contributed by atoms with Gasteiger partial charge in [-0.25, -0.2) is 0 Å². The molecule has 0 aliphatic carbocycles.